The molecule has 0 bridgehead atoms. The number of halogens is 3. The first-order chi connectivity index (χ1) is 15.1. The van der Waals surface area contributed by atoms with Gasteiger partial charge < -0.3 is 20.6 Å². The zero-order chi connectivity index (χ0) is 23.0. The Bertz CT molecular complexity index is 1080. The number of aliphatic hydroxyl groups excluding tert-OH is 1. The number of hydrogen-bond donors (Lipinski definition) is 3. The van der Waals surface area contributed by atoms with Gasteiger partial charge in [-0.1, -0.05) is 12.1 Å². The molecule has 10 heteroatoms. The molecular formula is C22H20F3N3O4. The Labute approximate surface area is 181 Å². The van der Waals surface area contributed by atoms with Crippen LogP contribution < -0.4 is 15.5 Å². The Balaban J connectivity index is 1.35. The molecule has 4 rings (SSSR count). The molecule has 32 heavy (non-hydrogen) atoms. The van der Waals surface area contributed by atoms with Crippen molar-refractivity contribution < 1.29 is 32.7 Å². The van der Waals surface area contributed by atoms with Crippen LogP contribution >= 0.6 is 0 Å². The Kier molecular flexibility index (Phi) is 5.64. The van der Waals surface area contributed by atoms with Gasteiger partial charge in [-0.05, 0) is 53.8 Å². The van der Waals surface area contributed by atoms with Crippen LogP contribution in [0.5, 0.6) is 0 Å². The molecule has 1 unspecified atom stereocenters. The molecule has 0 spiro atoms. The predicted molar refractivity (Wildman–Crippen MR) is 109 cm³/mol. The van der Waals surface area contributed by atoms with Gasteiger partial charge in [-0.3, -0.25) is 14.4 Å². The molecular weight excluding hydrogens is 427 g/mol. The van der Waals surface area contributed by atoms with Gasteiger partial charge in [-0.25, -0.2) is 0 Å². The maximum atomic E-state index is 12.6. The molecule has 0 aliphatic carbocycles. The number of carbonyl (C=O) groups excluding carboxylic acids is 3. The maximum absolute atomic E-state index is 12.6. The third-order valence-electron chi connectivity index (χ3n) is 5.55. The molecule has 2 aliphatic rings. The normalized spacial score (nSPS) is 15.9. The molecule has 0 radical (unpaired) electrons. The first-order valence-electron chi connectivity index (χ1n) is 10.0. The Morgan fingerprint density at radius 2 is 1.78 bits per heavy atom. The van der Waals surface area contributed by atoms with Gasteiger partial charge in [0.05, 0.1) is 23.8 Å². The summed E-state index contributed by atoms with van der Waals surface area (Å²) in [7, 11) is 0. The van der Waals surface area contributed by atoms with Crippen molar-refractivity contribution in [3.8, 4) is 0 Å². The van der Waals surface area contributed by atoms with Crippen LogP contribution in [-0.2, 0) is 33.4 Å². The Morgan fingerprint density at radius 1 is 1.09 bits per heavy atom. The zero-order valence-electron chi connectivity index (χ0n) is 16.8. The van der Waals surface area contributed by atoms with Crippen molar-refractivity contribution in [2.75, 3.05) is 23.3 Å². The summed E-state index contributed by atoms with van der Waals surface area (Å²) >= 11 is 0. The van der Waals surface area contributed by atoms with Crippen molar-refractivity contribution in [1.82, 2.24) is 5.32 Å². The summed E-state index contributed by atoms with van der Waals surface area (Å²) in [6.07, 6.45) is -3.94. The number of amides is 3. The molecule has 0 saturated heterocycles. The predicted octanol–water partition coefficient (Wildman–Crippen LogP) is 2.33. The van der Waals surface area contributed by atoms with Crippen molar-refractivity contribution >= 4 is 29.1 Å². The Morgan fingerprint density at radius 3 is 2.47 bits per heavy atom. The lowest BCUT2D eigenvalue weighted by molar-refractivity contribution is -0.137. The molecule has 7 nitrogen and oxygen atoms in total. The summed E-state index contributed by atoms with van der Waals surface area (Å²) in [5, 5.41) is 14.9. The second-order valence-electron chi connectivity index (χ2n) is 7.77. The molecule has 2 aromatic rings. The van der Waals surface area contributed by atoms with Gasteiger partial charge in [-0.15, -0.1) is 0 Å². The third kappa shape index (κ3) is 4.31. The fraction of sp³-hybridized carbons (Fsp3) is 0.318. The molecule has 0 saturated carbocycles. The van der Waals surface area contributed by atoms with Gasteiger partial charge >= 0.3 is 18.0 Å². The summed E-state index contributed by atoms with van der Waals surface area (Å²) in [6, 6.07) is 7.30. The minimum atomic E-state index is -4.49. The highest BCUT2D eigenvalue weighted by atomic mass is 19.4. The number of aliphatic hydroxyl groups is 1. The molecule has 2 heterocycles. The van der Waals surface area contributed by atoms with Crippen LogP contribution in [0.15, 0.2) is 36.4 Å². The van der Waals surface area contributed by atoms with Crippen LogP contribution in [0.3, 0.4) is 0 Å². The van der Waals surface area contributed by atoms with Crippen LogP contribution in [0.1, 0.15) is 34.8 Å². The summed E-state index contributed by atoms with van der Waals surface area (Å²) in [4.78, 5) is 38.2. The summed E-state index contributed by atoms with van der Waals surface area (Å²) in [6.45, 7) is 0.324. The largest absolute Gasteiger partial charge is 0.416 e. The molecule has 0 fully saturated rings. The molecule has 168 valence electrons. The summed E-state index contributed by atoms with van der Waals surface area (Å²) < 4.78 is 37.9. The van der Waals surface area contributed by atoms with Gasteiger partial charge in [0, 0.05) is 18.8 Å². The summed E-state index contributed by atoms with van der Waals surface area (Å²) in [5.74, 6) is -1.93. The summed E-state index contributed by atoms with van der Waals surface area (Å²) in [5.41, 5.74) is 2.36. The smallest absolute Gasteiger partial charge is 0.387 e. The van der Waals surface area contributed by atoms with Gasteiger partial charge in [0.2, 0.25) is 5.91 Å². The fourth-order valence-corrected chi connectivity index (χ4v) is 4.02. The van der Waals surface area contributed by atoms with E-state index in [0.717, 1.165) is 53.9 Å². The van der Waals surface area contributed by atoms with Crippen LogP contribution in [0.25, 0.3) is 0 Å². The lowest BCUT2D eigenvalue weighted by atomic mass is 9.99. The molecule has 3 N–H and O–H groups in total. The topological polar surface area (TPSA) is 98.7 Å². The van der Waals surface area contributed by atoms with Crippen LogP contribution in [0.2, 0.25) is 0 Å². The minimum Gasteiger partial charge on any atom is -0.387 e. The van der Waals surface area contributed by atoms with Crippen molar-refractivity contribution in [3.63, 3.8) is 0 Å². The lowest BCUT2D eigenvalue weighted by Gasteiger charge is -2.26. The fourth-order valence-electron chi connectivity index (χ4n) is 4.02. The Hall–Kier alpha value is -3.40. The third-order valence-corrected chi connectivity index (χ3v) is 5.55. The quantitative estimate of drug-likeness (QED) is 0.627. The average molecular weight is 447 g/mol. The highest BCUT2D eigenvalue weighted by Crippen LogP contribution is 2.38. The van der Waals surface area contributed by atoms with Crippen LogP contribution in [-0.4, -0.2) is 35.9 Å². The van der Waals surface area contributed by atoms with Crippen molar-refractivity contribution in [1.29, 1.82) is 0 Å². The standard InChI is InChI=1S/C22H20F3N3O4/c23-22(24,25)15-5-3-12(4-6-15)17(29)11-26-20(31)21(32)27-16-8-13-2-1-7-28-18(30)10-14(9-16)19(13)28/h3-6,8-9,17,29H,1-2,7,10-11H2,(H,26,31)(H,27,32). The van der Waals surface area contributed by atoms with E-state index in [1.807, 2.05) is 0 Å². The monoisotopic (exact) mass is 447 g/mol. The van der Waals surface area contributed by atoms with E-state index in [9.17, 15) is 32.7 Å². The van der Waals surface area contributed by atoms with Gasteiger partial charge in [0.25, 0.3) is 0 Å². The van der Waals surface area contributed by atoms with E-state index in [4.69, 9.17) is 0 Å². The minimum absolute atomic E-state index is 0.0134. The second kappa shape index (κ2) is 8.27. The van der Waals surface area contributed by atoms with Crippen molar-refractivity contribution in [3.05, 3.63) is 58.7 Å². The van der Waals surface area contributed by atoms with Crippen molar-refractivity contribution in [2.45, 2.75) is 31.5 Å². The van der Waals surface area contributed by atoms with Crippen molar-refractivity contribution in [2.24, 2.45) is 0 Å². The van der Waals surface area contributed by atoms with E-state index in [1.165, 1.54) is 0 Å². The highest BCUT2D eigenvalue weighted by Gasteiger charge is 2.33. The molecule has 3 amide bonds. The lowest BCUT2D eigenvalue weighted by Crippen LogP contribution is -2.37. The van der Waals surface area contributed by atoms with E-state index in [-0.39, 0.29) is 24.4 Å². The van der Waals surface area contributed by atoms with Crippen LogP contribution in [0, 0.1) is 0 Å². The second-order valence-corrected chi connectivity index (χ2v) is 7.77. The number of carbonyl (C=O) groups is 3. The first-order valence-corrected chi connectivity index (χ1v) is 10.0. The molecule has 2 aliphatic heterocycles. The van der Waals surface area contributed by atoms with Gasteiger partial charge in [0.15, 0.2) is 0 Å². The average Bonchev–Trinajstić information content (AvgIpc) is 3.08. The number of alkyl halides is 3. The van der Waals surface area contributed by atoms with E-state index >= 15 is 0 Å². The van der Waals surface area contributed by atoms with E-state index in [1.54, 1.807) is 17.0 Å². The SMILES string of the molecule is O=C(NCC(O)c1ccc(C(F)(F)F)cc1)C(=O)Nc1cc2c3c(c1)CC(=O)N3CCC2. The van der Waals surface area contributed by atoms with E-state index < -0.39 is 29.7 Å². The number of rotatable bonds is 4. The maximum Gasteiger partial charge on any atom is 0.416 e. The van der Waals surface area contributed by atoms with Gasteiger partial charge in [0.1, 0.15) is 0 Å². The molecule has 0 aromatic heterocycles. The van der Waals surface area contributed by atoms with Crippen LogP contribution in [0.4, 0.5) is 24.5 Å². The molecule has 1 atom stereocenters. The van der Waals surface area contributed by atoms with E-state index in [2.05, 4.69) is 10.6 Å². The number of nitrogens with zero attached hydrogens (tertiary/aromatic N) is 1. The first kappa shape index (κ1) is 21.8. The number of hydrogen-bond acceptors (Lipinski definition) is 4. The molecule has 2 aromatic carbocycles. The number of nitrogens with one attached hydrogen (secondary N) is 2. The number of aryl methyl sites for hydroxylation is 1. The van der Waals surface area contributed by atoms with E-state index in [0.29, 0.717) is 12.2 Å². The highest BCUT2D eigenvalue weighted by molar-refractivity contribution is 6.39. The number of anilines is 2. The zero-order valence-corrected chi connectivity index (χ0v) is 16.8. The number of benzene rings is 2. The van der Waals surface area contributed by atoms with Gasteiger partial charge in [-0.2, -0.15) is 13.2 Å².